The minimum atomic E-state index is 0.0724. The summed E-state index contributed by atoms with van der Waals surface area (Å²) in [6, 6.07) is 0.691. The molecule has 0 aromatic carbocycles. The SMILES string of the molecule is CC(N)CN1CCCC1C(=O)NC1C2CC3CC(C2)CC1C3. The van der Waals surface area contributed by atoms with E-state index in [1.54, 1.807) is 0 Å². The average Bonchev–Trinajstić information content (AvgIpc) is 2.89. The van der Waals surface area contributed by atoms with Gasteiger partial charge < -0.3 is 11.1 Å². The van der Waals surface area contributed by atoms with Gasteiger partial charge in [-0.15, -0.1) is 0 Å². The Morgan fingerprint density at radius 3 is 2.41 bits per heavy atom. The molecule has 4 bridgehead atoms. The largest absolute Gasteiger partial charge is 0.351 e. The van der Waals surface area contributed by atoms with Gasteiger partial charge in [0.1, 0.15) is 0 Å². The van der Waals surface area contributed by atoms with E-state index in [4.69, 9.17) is 5.73 Å². The zero-order valence-electron chi connectivity index (χ0n) is 13.8. The third kappa shape index (κ3) is 2.69. The minimum absolute atomic E-state index is 0.0724. The van der Waals surface area contributed by atoms with Crippen molar-refractivity contribution in [1.29, 1.82) is 0 Å². The van der Waals surface area contributed by atoms with Gasteiger partial charge in [0.15, 0.2) is 0 Å². The van der Waals surface area contributed by atoms with Crippen LogP contribution in [0.4, 0.5) is 0 Å². The van der Waals surface area contributed by atoms with Crippen molar-refractivity contribution in [3.05, 3.63) is 0 Å². The molecule has 1 amide bonds. The maximum atomic E-state index is 12.8. The number of nitrogens with one attached hydrogen (secondary N) is 1. The third-order valence-corrected chi connectivity index (χ3v) is 6.72. The summed E-state index contributed by atoms with van der Waals surface area (Å²) < 4.78 is 0. The molecule has 5 rings (SSSR count). The summed E-state index contributed by atoms with van der Waals surface area (Å²) in [6.45, 7) is 3.91. The second-order valence-corrected chi connectivity index (χ2v) is 8.60. The first kappa shape index (κ1) is 14.9. The van der Waals surface area contributed by atoms with Gasteiger partial charge in [0.25, 0.3) is 0 Å². The Morgan fingerprint density at radius 1 is 1.18 bits per heavy atom. The van der Waals surface area contributed by atoms with E-state index in [0.717, 1.165) is 49.6 Å². The molecule has 5 fully saturated rings. The van der Waals surface area contributed by atoms with Gasteiger partial charge in [-0.25, -0.2) is 0 Å². The second kappa shape index (κ2) is 5.79. The van der Waals surface area contributed by atoms with Crippen molar-refractivity contribution in [1.82, 2.24) is 10.2 Å². The molecule has 124 valence electrons. The quantitative estimate of drug-likeness (QED) is 0.832. The summed E-state index contributed by atoms with van der Waals surface area (Å²) in [5.41, 5.74) is 5.94. The van der Waals surface area contributed by atoms with E-state index >= 15 is 0 Å². The summed E-state index contributed by atoms with van der Waals surface area (Å²) in [5.74, 6) is 3.76. The Hall–Kier alpha value is -0.610. The van der Waals surface area contributed by atoms with Gasteiger partial charge in [0, 0.05) is 18.6 Å². The molecule has 4 saturated carbocycles. The maximum absolute atomic E-state index is 12.8. The van der Waals surface area contributed by atoms with E-state index in [0.29, 0.717) is 6.04 Å². The lowest BCUT2D eigenvalue weighted by molar-refractivity contribution is -0.129. The summed E-state index contributed by atoms with van der Waals surface area (Å²) in [5, 5.41) is 3.49. The summed E-state index contributed by atoms with van der Waals surface area (Å²) in [4.78, 5) is 15.1. The van der Waals surface area contributed by atoms with Gasteiger partial charge in [-0.2, -0.15) is 0 Å². The molecule has 1 saturated heterocycles. The topological polar surface area (TPSA) is 58.4 Å². The molecule has 1 aliphatic heterocycles. The van der Waals surface area contributed by atoms with Crippen molar-refractivity contribution in [3.63, 3.8) is 0 Å². The van der Waals surface area contributed by atoms with Crippen LogP contribution in [0.5, 0.6) is 0 Å². The fraction of sp³-hybridized carbons (Fsp3) is 0.944. The summed E-state index contributed by atoms with van der Waals surface area (Å²) >= 11 is 0. The van der Waals surface area contributed by atoms with Crippen molar-refractivity contribution in [2.75, 3.05) is 13.1 Å². The van der Waals surface area contributed by atoms with Crippen LogP contribution in [0.1, 0.15) is 51.9 Å². The summed E-state index contributed by atoms with van der Waals surface area (Å²) in [7, 11) is 0. The second-order valence-electron chi connectivity index (χ2n) is 8.60. The lowest BCUT2D eigenvalue weighted by atomic mass is 9.54. The van der Waals surface area contributed by atoms with Gasteiger partial charge in [-0.1, -0.05) is 0 Å². The molecule has 22 heavy (non-hydrogen) atoms. The highest BCUT2D eigenvalue weighted by Crippen LogP contribution is 2.53. The average molecular weight is 305 g/mol. The number of hydrogen-bond acceptors (Lipinski definition) is 3. The molecular formula is C18H31N3O. The molecule has 4 nitrogen and oxygen atoms in total. The lowest BCUT2D eigenvalue weighted by Crippen LogP contribution is -2.58. The molecule has 1 heterocycles. The molecule has 0 aromatic heterocycles. The Kier molecular flexibility index (Phi) is 3.93. The molecule has 4 aliphatic carbocycles. The maximum Gasteiger partial charge on any atom is 0.237 e. The number of amides is 1. The molecule has 2 unspecified atom stereocenters. The Balaban J connectivity index is 1.39. The lowest BCUT2D eigenvalue weighted by Gasteiger charge is -2.54. The minimum Gasteiger partial charge on any atom is -0.351 e. The summed E-state index contributed by atoms with van der Waals surface area (Å²) in [6.07, 6.45) is 9.08. The number of rotatable bonds is 4. The monoisotopic (exact) mass is 305 g/mol. The molecule has 0 aromatic rings. The number of likely N-dealkylation sites (tertiary alicyclic amines) is 1. The van der Waals surface area contributed by atoms with Crippen molar-refractivity contribution in [3.8, 4) is 0 Å². The van der Waals surface area contributed by atoms with Crippen LogP contribution in [0.2, 0.25) is 0 Å². The van der Waals surface area contributed by atoms with Crippen LogP contribution in [0.25, 0.3) is 0 Å². The molecule has 5 aliphatic rings. The van der Waals surface area contributed by atoms with Crippen LogP contribution in [-0.2, 0) is 4.79 Å². The highest BCUT2D eigenvalue weighted by atomic mass is 16.2. The van der Waals surface area contributed by atoms with E-state index in [9.17, 15) is 4.79 Å². The third-order valence-electron chi connectivity index (χ3n) is 6.72. The van der Waals surface area contributed by atoms with Crippen molar-refractivity contribution < 1.29 is 4.79 Å². The first-order valence-electron chi connectivity index (χ1n) is 9.40. The fourth-order valence-corrected chi connectivity index (χ4v) is 6.13. The first-order valence-corrected chi connectivity index (χ1v) is 9.40. The normalized spacial score (nSPS) is 45.2. The zero-order valence-corrected chi connectivity index (χ0v) is 13.8. The predicted octanol–water partition coefficient (Wildman–Crippen LogP) is 1.74. The molecule has 4 heteroatoms. The number of carbonyl (C=O) groups is 1. The number of nitrogens with two attached hydrogens (primary N) is 1. The van der Waals surface area contributed by atoms with E-state index in [1.165, 1.54) is 32.1 Å². The smallest absolute Gasteiger partial charge is 0.237 e. The number of carbonyl (C=O) groups excluding carboxylic acids is 1. The Labute approximate surface area is 134 Å². The van der Waals surface area contributed by atoms with Crippen LogP contribution in [0.15, 0.2) is 0 Å². The first-order chi connectivity index (χ1) is 10.6. The van der Waals surface area contributed by atoms with Crippen LogP contribution in [0.3, 0.4) is 0 Å². The van der Waals surface area contributed by atoms with Gasteiger partial charge in [-0.3, -0.25) is 9.69 Å². The van der Waals surface area contributed by atoms with Gasteiger partial charge >= 0.3 is 0 Å². The van der Waals surface area contributed by atoms with Crippen LogP contribution < -0.4 is 11.1 Å². The van der Waals surface area contributed by atoms with Crippen molar-refractivity contribution in [2.24, 2.45) is 29.4 Å². The van der Waals surface area contributed by atoms with Crippen LogP contribution >= 0.6 is 0 Å². The molecule has 2 atom stereocenters. The number of hydrogen-bond donors (Lipinski definition) is 2. The van der Waals surface area contributed by atoms with E-state index in [2.05, 4.69) is 10.2 Å². The van der Waals surface area contributed by atoms with Gasteiger partial charge in [0.2, 0.25) is 5.91 Å². The number of nitrogens with zero attached hydrogens (tertiary/aromatic N) is 1. The highest BCUT2D eigenvalue weighted by molar-refractivity contribution is 5.82. The highest BCUT2D eigenvalue weighted by Gasteiger charge is 2.49. The molecular weight excluding hydrogens is 274 g/mol. The fourth-order valence-electron chi connectivity index (χ4n) is 6.13. The van der Waals surface area contributed by atoms with Crippen molar-refractivity contribution >= 4 is 5.91 Å². The molecule has 3 N–H and O–H groups in total. The standard InChI is InChI=1S/C18H31N3O/c1-11(19)10-21-4-2-3-16(21)18(22)20-17-14-6-12-5-13(8-14)9-15(17)7-12/h11-17H,2-10,19H2,1H3,(H,20,22). The Bertz CT molecular complexity index is 408. The van der Waals surface area contributed by atoms with Crippen LogP contribution in [0, 0.1) is 23.7 Å². The zero-order chi connectivity index (χ0) is 15.3. The van der Waals surface area contributed by atoms with Crippen LogP contribution in [-0.4, -0.2) is 42.0 Å². The van der Waals surface area contributed by atoms with Gasteiger partial charge in [0.05, 0.1) is 6.04 Å². The predicted molar refractivity (Wildman–Crippen MR) is 87.2 cm³/mol. The van der Waals surface area contributed by atoms with Gasteiger partial charge in [-0.05, 0) is 82.1 Å². The van der Waals surface area contributed by atoms with E-state index in [-0.39, 0.29) is 18.0 Å². The van der Waals surface area contributed by atoms with Crippen molar-refractivity contribution in [2.45, 2.75) is 70.0 Å². The van der Waals surface area contributed by atoms with E-state index in [1.807, 2.05) is 6.92 Å². The molecule has 0 radical (unpaired) electrons. The Morgan fingerprint density at radius 2 is 1.82 bits per heavy atom. The van der Waals surface area contributed by atoms with E-state index < -0.39 is 0 Å². The molecule has 0 spiro atoms.